The number of carbonyl (C=O) groups excluding carboxylic acids is 6. The van der Waals surface area contributed by atoms with Gasteiger partial charge in [0, 0.05) is 57.5 Å². The van der Waals surface area contributed by atoms with Crippen LogP contribution >= 0.6 is 0 Å². The standard InChI is InChI=1S/C48H65N7O8/c1-47(2,3)41(51-39(56)30-62-7)45(60)54-26-12-16-37(54)43(58)49-34-22-18-32(19-23-34)28-53(36-14-10-9-11-15-36)29-33-20-24-35(25-21-33)50-44(59)38-17-13-27-55(38)46(61)42(48(4,5)6)52-40(57)31-63-8/h9-11,14-15,18-25,37-38,41-42H,12-13,16-17,26-31H2,1-8H3,(H,49,58)(H,50,59)(H,51,56)(H,52,57)/t37?,38?,41-,42-/m1/s1. The Morgan fingerprint density at radius 2 is 0.984 bits per heavy atom. The first-order valence-corrected chi connectivity index (χ1v) is 21.7. The van der Waals surface area contributed by atoms with Crippen molar-refractivity contribution in [3.05, 3.63) is 90.0 Å². The van der Waals surface area contributed by atoms with E-state index in [0.717, 1.165) is 16.8 Å². The molecule has 0 saturated carbocycles. The first kappa shape index (κ1) is 48.2. The lowest BCUT2D eigenvalue weighted by atomic mass is 9.85. The van der Waals surface area contributed by atoms with Crippen LogP contribution < -0.4 is 26.2 Å². The molecule has 0 bridgehead atoms. The fourth-order valence-corrected chi connectivity index (χ4v) is 8.06. The normalized spacial score (nSPS) is 17.4. The smallest absolute Gasteiger partial charge is 0.247 e. The van der Waals surface area contributed by atoms with Gasteiger partial charge in [0.2, 0.25) is 35.4 Å². The van der Waals surface area contributed by atoms with Gasteiger partial charge < -0.3 is 45.4 Å². The zero-order valence-electron chi connectivity index (χ0n) is 38.0. The largest absolute Gasteiger partial charge is 0.375 e. The molecule has 15 nitrogen and oxygen atoms in total. The molecule has 2 fully saturated rings. The molecule has 6 amide bonds. The van der Waals surface area contributed by atoms with E-state index in [1.165, 1.54) is 14.2 Å². The predicted octanol–water partition coefficient (Wildman–Crippen LogP) is 5.11. The first-order valence-electron chi connectivity index (χ1n) is 21.7. The van der Waals surface area contributed by atoms with Crippen molar-refractivity contribution in [2.75, 3.05) is 56.1 Å². The summed E-state index contributed by atoms with van der Waals surface area (Å²) < 4.78 is 9.90. The lowest BCUT2D eigenvalue weighted by molar-refractivity contribution is -0.143. The van der Waals surface area contributed by atoms with Crippen molar-refractivity contribution in [3.8, 4) is 0 Å². The Kier molecular flexibility index (Phi) is 16.5. The monoisotopic (exact) mass is 867 g/mol. The molecular formula is C48H65N7O8. The number of nitrogens with one attached hydrogen (secondary N) is 4. The molecule has 0 aliphatic carbocycles. The van der Waals surface area contributed by atoms with Crippen molar-refractivity contribution >= 4 is 52.5 Å². The maximum Gasteiger partial charge on any atom is 0.247 e. The predicted molar refractivity (Wildman–Crippen MR) is 242 cm³/mol. The molecule has 2 aliphatic rings. The molecule has 2 heterocycles. The number of hydrogen-bond donors (Lipinski definition) is 4. The number of likely N-dealkylation sites (tertiary alicyclic amines) is 2. The summed E-state index contributed by atoms with van der Waals surface area (Å²) in [5, 5.41) is 11.6. The highest BCUT2D eigenvalue weighted by atomic mass is 16.5. The number of hydrogen-bond acceptors (Lipinski definition) is 9. The molecule has 2 aliphatic heterocycles. The fraction of sp³-hybridized carbons (Fsp3) is 0.500. The molecule has 63 heavy (non-hydrogen) atoms. The number of benzene rings is 3. The maximum absolute atomic E-state index is 13.8. The summed E-state index contributed by atoms with van der Waals surface area (Å²) in [5.74, 6) is -1.91. The minimum absolute atomic E-state index is 0.163. The van der Waals surface area contributed by atoms with Crippen molar-refractivity contribution in [2.45, 2.75) is 104 Å². The van der Waals surface area contributed by atoms with Crippen molar-refractivity contribution < 1.29 is 38.2 Å². The highest BCUT2D eigenvalue weighted by molar-refractivity contribution is 6.00. The minimum Gasteiger partial charge on any atom is -0.375 e. The van der Waals surface area contributed by atoms with Crippen molar-refractivity contribution in [1.82, 2.24) is 20.4 Å². The molecule has 4 N–H and O–H groups in total. The van der Waals surface area contributed by atoms with Crippen LogP contribution in [0.5, 0.6) is 0 Å². The first-order chi connectivity index (χ1) is 29.9. The van der Waals surface area contributed by atoms with E-state index in [2.05, 4.69) is 26.2 Å². The topological polar surface area (TPSA) is 179 Å². The molecule has 3 aromatic carbocycles. The van der Waals surface area contributed by atoms with Gasteiger partial charge in [-0.25, -0.2) is 0 Å². The van der Waals surface area contributed by atoms with E-state index in [0.29, 0.717) is 63.2 Å². The molecule has 4 atom stereocenters. The second-order valence-electron chi connectivity index (χ2n) is 18.5. The molecule has 3 aromatic rings. The Hall–Kier alpha value is -5.80. The van der Waals surface area contributed by atoms with Gasteiger partial charge in [-0.2, -0.15) is 0 Å². The van der Waals surface area contributed by atoms with Gasteiger partial charge in [-0.3, -0.25) is 28.8 Å². The van der Waals surface area contributed by atoms with Crippen LogP contribution in [0.25, 0.3) is 0 Å². The van der Waals surface area contributed by atoms with Crippen molar-refractivity contribution in [2.24, 2.45) is 10.8 Å². The number of nitrogens with zero attached hydrogens (tertiary/aromatic N) is 3. The number of para-hydroxylation sites is 1. The van der Waals surface area contributed by atoms with Gasteiger partial charge in [-0.05, 0) is 84.0 Å². The summed E-state index contributed by atoms with van der Waals surface area (Å²) >= 11 is 0. The molecule has 2 saturated heterocycles. The number of carbonyl (C=O) groups is 6. The Morgan fingerprint density at radius 3 is 1.33 bits per heavy atom. The summed E-state index contributed by atoms with van der Waals surface area (Å²) in [6, 6.07) is 22.4. The van der Waals surface area contributed by atoms with Crippen LogP contribution in [0, 0.1) is 10.8 Å². The number of amides is 6. The van der Waals surface area contributed by atoms with Crippen LogP contribution in [-0.4, -0.2) is 110 Å². The Bertz CT molecular complexity index is 1920. The summed E-state index contributed by atoms with van der Waals surface area (Å²) in [5.41, 5.74) is 3.11. The van der Waals surface area contributed by atoms with Crippen molar-refractivity contribution in [1.29, 1.82) is 0 Å². The van der Waals surface area contributed by atoms with Gasteiger partial charge >= 0.3 is 0 Å². The summed E-state index contributed by atoms with van der Waals surface area (Å²) in [6.45, 7) is 12.9. The number of rotatable bonds is 17. The minimum atomic E-state index is -0.817. The molecule has 0 aromatic heterocycles. The Labute approximate surface area is 371 Å². The third-order valence-electron chi connectivity index (χ3n) is 11.4. The van der Waals surface area contributed by atoms with E-state index in [4.69, 9.17) is 9.47 Å². The zero-order valence-corrected chi connectivity index (χ0v) is 38.0. The zero-order chi connectivity index (χ0) is 45.9. The second-order valence-corrected chi connectivity index (χ2v) is 18.5. The van der Waals surface area contributed by atoms with E-state index < -0.39 is 46.8 Å². The van der Waals surface area contributed by atoms with E-state index in [9.17, 15) is 28.8 Å². The number of methoxy groups -OCH3 is 2. The molecule has 0 radical (unpaired) electrons. The molecule has 340 valence electrons. The maximum atomic E-state index is 13.8. The molecule has 0 spiro atoms. The van der Waals surface area contributed by atoms with Crippen molar-refractivity contribution in [3.63, 3.8) is 0 Å². The molecule has 2 unspecified atom stereocenters. The Balaban J connectivity index is 1.21. The van der Waals surface area contributed by atoms with Crippen LogP contribution in [0.15, 0.2) is 78.9 Å². The van der Waals surface area contributed by atoms with E-state index >= 15 is 0 Å². The lowest BCUT2D eigenvalue weighted by Gasteiger charge is -2.35. The molecule has 5 rings (SSSR count). The van der Waals surface area contributed by atoms with Crippen LogP contribution in [0.1, 0.15) is 78.4 Å². The summed E-state index contributed by atoms with van der Waals surface area (Å²) in [4.78, 5) is 84.9. The van der Waals surface area contributed by atoms with Gasteiger partial charge in [0.15, 0.2) is 0 Å². The van der Waals surface area contributed by atoms with E-state index in [1.807, 2.05) is 120 Å². The number of anilines is 3. The molecular weight excluding hydrogens is 803 g/mol. The van der Waals surface area contributed by atoms with Crippen LogP contribution in [0.4, 0.5) is 17.1 Å². The van der Waals surface area contributed by atoms with Gasteiger partial charge in [0.05, 0.1) is 0 Å². The summed E-state index contributed by atoms with van der Waals surface area (Å²) in [7, 11) is 2.84. The van der Waals surface area contributed by atoms with E-state index in [1.54, 1.807) is 9.80 Å². The van der Waals surface area contributed by atoms with Gasteiger partial charge in [-0.15, -0.1) is 0 Å². The molecule has 15 heteroatoms. The van der Waals surface area contributed by atoms with Gasteiger partial charge in [0.25, 0.3) is 0 Å². The Morgan fingerprint density at radius 1 is 0.603 bits per heavy atom. The SMILES string of the molecule is COCC(=O)N[C@H](C(=O)N1CCCC1C(=O)Nc1ccc(CN(Cc2ccc(NC(=O)C3CCCN3C(=O)[C@@H](NC(=O)COC)C(C)(C)C)cc2)c2ccccc2)cc1)C(C)(C)C. The second kappa shape index (κ2) is 21.5. The van der Waals surface area contributed by atoms with Crippen LogP contribution in [0.3, 0.4) is 0 Å². The highest BCUT2D eigenvalue weighted by Gasteiger charge is 2.43. The van der Waals surface area contributed by atoms with Crippen LogP contribution in [-0.2, 0) is 51.3 Å². The van der Waals surface area contributed by atoms with Gasteiger partial charge in [-0.1, -0.05) is 84.0 Å². The highest BCUT2D eigenvalue weighted by Crippen LogP contribution is 2.29. The number of ether oxygens (including phenoxy) is 2. The third kappa shape index (κ3) is 13.1. The van der Waals surface area contributed by atoms with E-state index in [-0.39, 0.29) is 36.8 Å². The lowest BCUT2D eigenvalue weighted by Crippen LogP contribution is -2.57. The average Bonchev–Trinajstić information content (AvgIpc) is 3.94. The summed E-state index contributed by atoms with van der Waals surface area (Å²) in [6.07, 6.45) is 2.40. The fourth-order valence-electron chi connectivity index (χ4n) is 8.06. The van der Waals surface area contributed by atoms with Gasteiger partial charge in [0.1, 0.15) is 37.4 Å². The van der Waals surface area contributed by atoms with Crippen LogP contribution in [0.2, 0.25) is 0 Å². The average molecular weight is 868 g/mol. The quantitative estimate of drug-likeness (QED) is 0.144. The third-order valence-corrected chi connectivity index (χ3v) is 11.4.